The fourth-order valence-corrected chi connectivity index (χ4v) is 1.90. The molecule has 1 atom stereocenters. The van der Waals surface area contributed by atoms with Crippen LogP contribution in [0.25, 0.3) is 0 Å². The van der Waals surface area contributed by atoms with Crippen LogP contribution in [-0.4, -0.2) is 23.5 Å². The van der Waals surface area contributed by atoms with Gasteiger partial charge in [0.15, 0.2) is 0 Å². The summed E-state index contributed by atoms with van der Waals surface area (Å²) in [4.78, 5) is 23.4. The predicted molar refractivity (Wildman–Crippen MR) is 62.5 cm³/mol. The van der Waals surface area contributed by atoms with Crippen molar-refractivity contribution in [3.05, 3.63) is 35.9 Å². The first-order valence-electron chi connectivity index (χ1n) is 5.57. The van der Waals surface area contributed by atoms with Gasteiger partial charge in [0.1, 0.15) is 11.6 Å². The average molecular weight is 233 g/mol. The van der Waals surface area contributed by atoms with Crippen LogP contribution in [0.15, 0.2) is 30.3 Å². The number of ether oxygens (including phenoxy) is 1. The van der Waals surface area contributed by atoms with E-state index in [-0.39, 0.29) is 11.9 Å². The Balaban J connectivity index is 2.03. The zero-order valence-corrected chi connectivity index (χ0v) is 9.90. The fourth-order valence-electron chi connectivity index (χ4n) is 1.90. The molecule has 0 unspecified atom stereocenters. The molecule has 0 aliphatic carbocycles. The summed E-state index contributed by atoms with van der Waals surface area (Å²) in [5, 5.41) is 2.69. The van der Waals surface area contributed by atoms with Gasteiger partial charge in [-0.3, -0.25) is 4.79 Å². The van der Waals surface area contributed by atoms with E-state index in [9.17, 15) is 9.59 Å². The molecular weight excluding hydrogens is 218 g/mol. The number of cyclic esters (lactones) is 1. The third-order valence-corrected chi connectivity index (χ3v) is 2.70. The Bertz CT molecular complexity index is 439. The van der Waals surface area contributed by atoms with Crippen molar-refractivity contribution in [3.63, 3.8) is 0 Å². The highest BCUT2D eigenvalue weighted by atomic mass is 16.6. The molecule has 1 aliphatic rings. The molecule has 1 fully saturated rings. The zero-order valence-electron chi connectivity index (χ0n) is 9.90. The van der Waals surface area contributed by atoms with Gasteiger partial charge in [0.25, 0.3) is 5.91 Å². The molecule has 2 rings (SSSR count). The van der Waals surface area contributed by atoms with Crippen LogP contribution < -0.4 is 5.32 Å². The van der Waals surface area contributed by atoms with E-state index < -0.39 is 11.6 Å². The van der Waals surface area contributed by atoms with Crippen LogP contribution >= 0.6 is 0 Å². The molecule has 0 saturated carbocycles. The number of carbonyl (C=O) groups excluding carboxylic acids is 2. The lowest BCUT2D eigenvalue weighted by atomic mass is 10.0. The number of hydrogen-bond acceptors (Lipinski definition) is 3. The lowest BCUT2D eigenvalue weighted by molar-refractivity contribution is -0.147. The summed E-state index contributed by atoms with van der Waals surface area (Å²) in [6, 6.07) is 8.28. The van der Waals surface area contributed by atoms with Crippen LogP contribution in [0.4, 0.5) is 0 Å². The maximum atomic E-state index is 11.8. The highest BCUT2D eigenvalue weighted by molar-refractivity contribution is 5.97. The molecule has 1 heterocycles. The normalized spacial score (nSPS) is 22.0. The second-order valence-corrected chi connectivity index (χ2v) is 4.78. The Morgan fingerprint density at radius 1 is 1.35 bits per heavy atom. The van der Waals surface area contributed by atoms with Crippen molar-refractivity contribution < 1.29 is 14.3 Å². The average Bonchev–Trinajstić information content (AvgIpc) is 2.53. The number of carbonyl (C=O) groups is 2. The van der Waals surface area contributed by atoms with E-state index in [0.29, 0.717) is 12.0 Å². The molecule has 1 N–H and O–H groups in total. The highest BCUT2D eigenvalue weighted by Crippen LogP contribution is 2.25. The van der Waals surface area contributed by atoms with Crippen LogP contribution in [0, 0.1) is 0 Å². The molecule has 4 heteroatoms. The Labute approximate surface area is 100.0 Å². The summed E-state index contributed by atoms with van der Waals surface area (Å²) in [6.45, 7) is 3.67. The molecule has 0 spiro atoms. The minimum atomic E-state index is -0.544. The van der Waals surface area contributed by atoms with Gasteiger partial charge in [0.05, 0.1) is 0 Å². The van der Waals surface area contributed by atoms with Crippen molar-refractivity contribution in [1.82, 2.24) is 5.32 Å². The van der Waals surface area contributed by atoms with Gasteiger partial charge in [0.2, 0.25) is 0 Å². The molecular formula is C13H15NO3. The molecule has 1 aromatic rings. The van der Waals surface area contributed by atoms with Crippen molar-refractivity contribution in [2.24, 2.45) is 0 Å². The maximum absolute atomic E-state index is 11.8. The monoisotopic (exact) mass is 233 g/mol. The summed E-state index contributed by atoms with van der Waals surface area (Å²) < 4.78 is 5.14. The smallest absolute Gasteiger partial charge is 0.329 e. The number of amides is 1. The van der Waals surface area contributed by atoms with Crippen molar-refractivity contribution in [1.29, 1.82) is 0 Å². The minimum Gasteiger partial charge on any atom is -0.458 e. The van der Waals surface area contributed by atoms with E-state index in [1.54, 1.807) is 24.3 Å². The van der Waals surface area contributed by atoms with Gasteiger partial charge in [0, 0.05) is 12.0 Å². The van der Waals surface area contributed by atoms with Gasteiger partial charge in [-0.05, 0) is 26.0 Å². The highest BCUT2D eigenvalue weighted by Gasteiger charge is 2.40. The Hall–Kier alpha value is -1.84. The quantitative estimate of drug-likeness (QED) is 0.788. The van der Waals surface area contributed by atoms with E-state index in [2.05, 4.69) is 5.32 Å². The number of hydrogen-bond donors (Lipinski definition) is 1. The van der Waals surface area contributed by atoms with E-state index >= 15 is 0 Å². The fraction of sp³-hybridized carbons (Fsp3) is 0.385. The Morgan fingerprint density at radius 3 is 2.53 bits per heavy atom. The molecule has 1 aliphatic heterocycles. The SMILES string of the molecule is CC1(C)C[C@@H](NC(=O)c2ccccc2)C(=O)O1. The van der Waals surface area contributed by atoms with Crippen LogP contribution in [0.2, 0.25) is 0 Å². The van der Waals surface area contributed by atoms with Crippen molar-refractivity contribution in [3.8, 4) is 0 Å². The van der Waals surface area contributed by atoms with Gasteiger partial charge in [-0.25, -0.2) is 4.79 Å². The summed E-state index contributed by atoms with van der Waals surface area (Å²) in [5.74, 6) is -0.607. The molecule has 1 aromatic carbocycles. The first-order valence-corrected chi connectivity index (χ1v) is 5.57. The molecule has 0 aromatic heterocycles. The number of nitrogens with one attached hydrogen (secondary N) is 1. The van der Waals surface area contributed by atoms with Gasteiger partial charge in [-0.15, -0.1) is 0 Å². The molecule has 1 amide bonds. The number of esters is 1. The lowest BCUT2D eigenvalue weighted by Crippen LogP contribution is -2.38. The summed E-state index contributed by atoms with van der Waals surface area (Å²) in [5.41, 5.74) is 0.0520. The van der Waals surface area contributed by atoms with Crippen molar-refractivity contribution in [2.45, 2.75) is 31.9 Å². The second-order valence-electron chi connectivity index (χ2n) is 4.78. The summed E-state index contributed by atoms with van der Waals surface area (Å²) in [6.07, 6.45) is 0.504. The standard InChI is InChI=1S/C13H15NO3/c1-13(2)8-10(12(16)17-13)14-11(15)9-6-4-3-5-7-9/h3-7,10H,8H2,1-2H3,(H,14,15)/t10-/m1/s1. The molecule has 17 heavy (non-hydrogen) atoms. The second kappa shape index (κ2) is 4.20. The first-order chi connectivity index (χ1) is 7.98. The first kappa shape index (κ1) is 11.6. The lowest BCUT2D eigenvalue weighted by Gasteiger charge is -2.14. The number of benzene rings is 1. The topological polar surface area (TPSA) is 55.4 Å². The van der Waals surface area contributed by atoms with Crippen LogP contribution in [0.1, 0.15) is 30.6 Å². The third kappa shape index (κ3) is 2.64. The van der Waals surface area contributed by atoms with E-state index in [4.69, 9.17) is 4.74 Å². The summed E-state index contributed by atoms with van der Waals surface area (Å²) in [7, 11) is 0. The molecule has 4 nitrogen and oxygen atoms in total. The molecule has 0 radical (unpaired) electrons. The van der Waals surface area contributed by atoms with Gasteiger partial charge < -0.3 is 10.1 Å². The Morgan fingerprint density at radius 2 is 2.00 bits per heavy atom. The molecule has 90 valence electrons. The van der Waals surface area contributed by atoms with Gasteiger partial charge in [-0.2, -0.15) is 0 Å². The van der Waals surface area contributed by atoms with Gasteiger partial charge >= 0.3 is 5.97 Å². The zero-order chi connectivity index (χ0) is 12.5. The maximum Gasteiger partial charge on any atom is 0.329 e. The Kier molecular flexibility index (Phi) is 2.88. The summed E-state index contributed by atoms with van der Waals surface area (Å²) >= 11 is 0. The van der Waals surface area contributed by atoms with Crippen LogP contribution in [0.5, 0.6) is 0 Å². The number of rotatable bonds is 2. The van der Waals surface area contributed by atoms with Crippen LogP contribution in [-0.2, 0) is 9.53 Å². The minimum absolute atomic E-state index is 0.245. The third-order valence-electron chi connectivity index (χ3n) is 2.70. The predicted octanol–water partition coefficient (Wildman–Crippen LogP) is 1.51. The van der Waals surface area contributed by atoms with Crippen molar-refractivity contribution >= 4 is 11.9 Å². The van der Waals surface area contributed by atoms with E-state index in [0.717, 1.165) is 0 Å². The van der Waals surface area contributed by atoms with Crippen LogP contribution in [0.3, 0.4) is 0 Å². The largest absolute Gasteiger partial charge is 0.458 e. The molecule has 0 bridgehead atoms. The van der Waals surface area contributed by atoms with Crippen molar-refractivity contribution in [2.75, 3.05) is 0 Å². The van der Waals surface area contributed by atoms with Gasteiger partial charge in [-0.1, -0.05) is 18.2 Å². The molecule has 1 saturated heterocycles. The van der Waals surface area contributed by atoms with E-state index in [1.807, 2.05) is 19.9 Å². The van der Waals surface area contributed by atoms with E-state index in [1.165, 1.54) is 0 Å².